The molecule has 2 aliphatic carbocycles. The van der Waals surface area contributed by atoms with Crippen LogP contribution in [0.15, 0.2) is 82.6 Å². The Morgan fingerprint density at radius 1 is 0.625 bits per heavy atom. The number of hydrogen-bond acceptors (Lipinski definition) is 6. The molecule has 4 aromatic carbocycles. The number of aryl methyl sites for hydroxylation is 4. The second-order valence-electron chi connectivity index (χ2n) is 16.9. The summed E-state index contributed by atoms with van der Waals surface area (Å²) in [5.74, 6) is -1.73. The average molecular weight is 996 g/mol. The van der Waals surface area contributed by atoms with Crippen molar-refractivity contribution < 1.29 is 61.5 Å². The first-order valence-electron chi connectivity index (χ1n) is 19.7. The van der Waals surface area contributed by atoms with Gasteiger partial charge >= 0.3 is 12.4 Å². The van der Waals surface area contributed by atoms with E-state index in [1.807, 2.05) is 0 Å². The highest BCUT2D eigenvalue weighted by Crippen LogP contribution is 2.55. The molecule has 0 aliphatic heterocycles. The summed E-state index contributed by atoms with van der Waals surface area (Å²) in [6.45, 7) is 8.34. The minimum Gasteiger partial charge on any atom is -0.399 e. The van der Waals surface area contributed by atoms with Gasteiger partial charge < -0.3 is 9.53 Å². The Hall–Kier alpha value is -3.98. The van der Waals surface area contributed by atoms with E-state index >= 15 is 0 Å². The average Bonchev–Trinajstić information content (AvgIpc) is 3.73. The lowest BCUT2D eigenvalue weighted by Gasteiger charge is -2.43. The second kappa shape index (κ2) is 16.1. The molecule has 2 unspecified atom stereocenters. The van der Waals surface area contributed by atoms with Crippen LogP contribution in [0.3, 0.4) is 0 Å². The number of aliphatic hydroxyl groups is 1. The fraction of sp³-hybridized carbons (Fsp3) is 0.349. The number of alkyl halides is 6. The Morgan fingerprint density at radius 3 is 1.41 bits per heavy atom. The molecule has 6 aromatic rings. The standard InChI is InChI=1S/C23H24ClF4NO3SSi.C20H16ClF4NO3S/c1-14-7-9-15(10-8-14)33(30,31)29-18-12-11-17(25)20(24)19(18)16-6-5-13-22(21(16)29,23(26,27)28)32-34(2,3)4;1-11-4-6-12(7-5-11)30(28,29)26-15-9-8-14(22)17(21)16(15)13-3-2-10-19(27,18(13)26)20(23,24)25/h7-12H,5-6,13H2,1-4H3;4-9,27H,2-3,10H2,1H3. The third kappa shape index (κ3) is 7.75. The van der Waals surface area contributed by atoms with Crippen LogP contribution >= 0.6 is 23.2 Å². The van der Waals surface area contributed by atoms with E-state index in [4.69, 9.17) is 27.6 Å². The van der Waals surface area contributed by atoms with Crippen LogP contribution in [0.25, 0.3) is 21.8 Å². The van der Waals surface area contributed by atoms with Crippen LogP contribution in [-0.2, 0) is 48.5 Å². The SMILES string of the molecule is Cc1ccc(S(=O)(=O)n2c3c(c4c(Cl)c(F)ccc42)CCCC3(O)C(F)(F)F)cc1.Cc1ccc(S(=O)(=O)n2c3c(c4c(Cl)c(F)ccc42)CCCC3(O[Si](C)(C)C)C(F)(F)F)cc1. The van der Waals surface area contributed by atoms with Gasteiger partial charge in [-0.2, -0.15) is 26.3 Å². The molecule has 64 heavy (non-hydrogen) atoms. The van der Waals surface area contributed by atoms with Crippen molar-refractivity contribution in [3.05, 3.63) is 128 Å². The summed E-state index contributed by atoms with van der Waals surface area (Å²) in [7, 11) is -12.0. The maximum Gasteiger partial charge on any atom is 0.422 e. The summed E-state index contributed by atoms with van der Waals surface area (Å²) < 4.78 is 177. The van der Waals surface area contributed by atoms with Crippen molar-refractivity contribution >= 4 is 73.4 Å². The molecule has 0 saturated heterocycles. The molecule has 2 aliphatic rings. The van der Waals surface area contributed by atoms with Gasteiger partial charge in [0.1, 0.15) is 11.6 Å². The molecule has 0 saturated carbocycles. The van der Waals surface area contributed by atoms with Gasteiger partial charge in [-0.25, -0.2) is 33.6 Å². The Morgan fingerprint density at radius 2 is 1.02 bits per heavy atom. The third-order valence-electron chi connectivity index (χ3n) is 11.4. The van der Waals surface area contributed by atoms with Gasteiger partial charge in [0.15, 0.2) is 13.9 Å². The van der Waals surface area contributed by atoms with Crippen LogP contribution in [0.4, 0.5) is 35.1 Å². The Bertz CT molecular complexity index is 3060. The van der Waals surface area contributed by atoms with Gasteiger partial charge in [-0.15, -0.1) is 0 Å². The molecule has 0 radical (unpaired) electrons. The zero-order chi connectivity index (χ0) is 47.3. The molecule has 344 valence electrons. The normalized spacial score (nSPS) is 19.6. The van der Waals surface area contributed by atoms with E-state index in [0.29, 0.717) is 7.94 Å². The summed E-state index contributed by atoms with van der Waals surface area (Å²) >= 11 is 12.3. The van der Waals surface area contributed by atoms with Gasteiger partial charge in [0.25, 0.3) is 20.0 Å². The fourth-order valence-electron chi connectivity index (χ4n) is 8.66. The molecule has 2 heterocycles. The van der Waals surface area contributed by atoms with Crippen molar-refractivity contribution in [2.45, 2.75) is 105 Å². The van der Waals surface area contributed by atoms with E-state index in [1.54, 1.807) is 45.6 Å². The highest BCUT2D eigenvalue weighted by Gasteiger charge is 2.63. The van der Waals surface area contributed by atoms with Gasteiger partial charge in [-0.1, -0.05) is 58.6 Å². The lowest BCUT2D eigenvalue weighted by molar-refractivity contribution is -0.273. The lowest BCUT2D eigenvalue weighted by atomic mass is 9.82. The van der Waals surface area contributed by atoms with E-state index in [0.717, 1.165) is 35.4 Å². The van der Waals surface area contributed by atoms with E-state index in [9.17, 15) is 57.1 Å². The van der Waals surface area contributed by atoms with E-state index in [-0.39, 0.29) is 68.4 Å². The molecule has 1 N–H and O–H groups in total. The molecule has 0 amide bonds. The zero-order valence-electron chi connectivity index (χ0n) is 34.6. The van der Waals surface area contributed by atoms with Gasteiger partial charge in [0, 0.05) is 10.8 Å². The molecule has 8 nitrogen and oxygen atoms in total. The first-order chi connectivity index (χ1) is 29.5. The summed E-state index contributed by atoms with van der Waals surface area (Å²) in [5, 5.41) is 9.66. The predicted octanol–water partition coefficient (Wildman–Crippen LogP) is 12.0. The first-order valence-corrected chi connectivity index (χ1v) is 26.8. The number of nitrogens with zero attached hydrogens (tertiary/aromatic N) is 2. The smallest absolute Gasteiger partial charge is 0.399 e. The van der Waals surface area contributed by atoms with Crippen molar-refractivity contribution in [1.82, 2.24) is 7.94 Å². The van der Waals surface area contributed by atoms with Gasteiger partial charge in [-0.05, 0) is 132 Å². The quantitative estimate of drug-likeness (QED) is 0.132. The van der Waals surface area contributed by atoms with E-state index in [1.165, 1.54) is 36.4 Å². The molecule has 0 bridgehead atoms. The summed E-state index contributed by atoms with van der Waals surface area (Å²) in [5.41, 5.74) is -6.49. The van der Waals surface area contributed by atoms with Crippen LogP contribution in [0.5, 0.6) is 0 Å². The first kappa shape index (κ1) is 48.0. The predicted molar refractivity (Wildman–Crippen MR) is 229 cm³/mol. The minimum atomic E-state index is -5.15. The zero-order valence-corrected chi connectivity index (χ0v) is 38.8. The van der Waals surface area contributed by atoms with E-state index < -0.39 is 97.8 Å². The van der Waals surface area contributed by atoms with E-state index in [2.05, 4.69) is 0 Å². The second-order valence-corrected chi connectivity index (χ2v) is 25.7. The van der Waals surface area contributed by atoms with Crippen LogP contribution < -0.4 is 0 Å². The molecule has 0 fully saturated rings. The molecular weight excluding hydrogens is 956 g/mol. The van der Waals surface area contributed by atoms with Crippen molar-refractivity contribution in [3.8, 4) is 0 Å². The molecule has 21 heteroatoms. The number of benzene rings is 4. The number of aromatic nitrogens is 2. The maximum atomic E-state index is 14.9. The Balaban J connectivity index is 0.000000193. The van der Waals surface area contributed by atoms with Gasteiger partial charge in [-0.3, -0.25) is 0 Å². The molecule has 2 aromatic heterocycles. The third-order valence-corrected chi connectivity index (χ3v) is 16.5. The summed E-state index contributed by atoms with van der Waals surface area (Å²) in [6, 6.07) is 15.4. The Kier molecular flexibility index (Phi) is 12.1. The molecule has 8 rings (SSSR count). The summed E-state index contributed by atoms with van der Waals surface area (Å²) in [4.78, 5) is -0.448. The minimum absolute atomic E-state index is 0.0177. The van der Waals surface area contributed by atoms with Crippen LogP contribution in [0.2, 0.25) is 29.7 Å². The number of hydrogen-bond donors (Lipinski definition) is 1. The molecule has 0 spiro atoms. The van der Waals surface area contributed by atoms with Crippen LogP contribution in [-0.4, -0.2) is 50.6 Å². The topological polar surface area (TPSA) is 108 Å². The monoisotopic (exact) mass is 994 g/mol. The van der Waals surface area contributed by atoms with Crippen LogP contribution in [0, 0.1) is 25.5 Å². The Labute approximate surface area is 374 Å². The lowest BCUT2D eigenvalue weighted by Crippen LogP contribution is -2.53. The van der Waals surface area contributed by atoms with Crippen molar-refractivity contribution in [1.29, 1.82) is 0 Å². The maximum absolute atomic E-state index is 14.9. The van der Waals surface area contributed by atoms with Crippen molar-refractivity contribution in [2.75, 3.05) is 0 Å². The van der Waals surface area contributed by atoms with Crippen molar-refractivity contribution in [2.24, 2.45) is 0 Å². The largest absolute Gasteiger partial charge is 0.422 e. The highest BCUT2D eigenvalue weighted by atomic mass is 35.5. The number of fused-ring (bicyclic) bond motifs is 6. The number of rotatable bonds is 6. The summed E-state index contributed by atoms with van der Waals surface area (Å²) in [6.07, 6.45) is -11.1. The fourth-order valence-corrected chi connectivity index (χ4v) is 13.8. The number of halogens is 10. The van der Waals surface area contributed by atoms with Gasteiger partial charge in [0.05, 0.1) is 42.3 Å². The van der Waals surface area contributed by atoms with Gasteiger partial charge in [0.2, 0.25) is 5.60 Å². The molecule has 2 atom stereocenters. The highest BCUT2D eigenvalue weighted by molar-refractivity contribution is 7.90. The molecular formula is C43H40Cl2F8N2O6S2Si. The van der Waals surface area contributed by atoms with Crippen LogP contribution in [0.1, 0.15) is 59.3 Å². The van der Waals surface area contributed by atoms with Crippen molar-refractivity contribution in [3.63, 3.8) is 0 Å².